The van der Waals surface area contributed by atoms with Crippen molar-refractivity contribution < 1.29 is 4.79 Å². The fourth-order valence-electron chi connectivity index (χ4n) is 2.68. The van der Waals surface area contributed by atoms with E-state index in [0.717, 1.165) is 23.9 Å². The molecule has 146 valence electrons. The van der Waals surface area contributed by atoms with Crippen LogP contribution in [0.5, 0.6) is 0 Å². The number of amidine groups is 1. The second-order valence-electron chi connectivity index (χ2n) is 5.55. The van der Waals surface area contributed by atoms with Crippen LogP contribution in [-0.2, 0) is 11.2 Å². The van der Waals surface area contributed by atoms with Gasteiger partial charge in [0.25, 0.3) is 0 Å². The summed E-state index contributed by atoms with van der Waals surface area (Å²) in [4.78, 5) is 18.5. The molecule has 1 saturated heterocycles. The molecule has 0 spiro atoms. The topological polar surface area (TPSA) is 32.7 Å². The average molecular weight is 385 g/mol. The zero-order valence-electron chi connectivity index (χ0n) is 17.2. The molecule has 1 fully saturated rings. The fraction of sp³-hybridized carbons (Fsp3) is 0.391. The summed E-state index contributed by atoms with van der Waals surface area (Å²) in [5, 5.41) is 0.849. The Morgan fingerprint density at radius 1 is 1.00 bits per heavy atom. The van der Waals surface area contributed by atoms with E-state index < -0.39 is 0 Å². The molecule has 0 saturated carbocycles. The highest BCUT2D eigenvalue weighted by molar-refractivity contribution is 8.14. The summed E-state index contributed by atoms with van der Waals surface area (Å²) in [6.45, 7) is 10.4. The van der Waals surface area contributed by atoms with E-state index in [1.807, 2.05) is 52.0 Å². The Balaban J connectivity index is 0.000000855. The Labute approximate surface area is 168 Å². The maximum atomic E-state index is 11.8. The first-order chi connectivity index (χ1) is 13.2. The Kier molecular flexibility index (Phi) is 11.2. The van der Waals surface area contributed by atoms with Gasteiger partial charge in [0, 0.05) is 19.2 Å². The largest absolute Gasteiger partial charge is 0.291 e. The minimum atomic E-state index is 0.0287. The summed E-state index contributed by atoms with van der Waals surface area (Å²) in [7, 11) is 0. The van der Waals surface area contributed by atoms with E-state index in [9.17, 15) is 4.79 Å². The first-order valence-electron chi connectivity index (χ1n) is 9.81. The zero-order chi connectivity index (χ0) is 20.1. The highest BCUT2D eigenvalue weighted by atomic mass is 32.2. The van der Waals surface area contributed by atoms with E-state index in [1.54, 1.807) is 23.6 Å². The molecule has 2 aromatic carbocycles. The molecular weight excluding hydrogens is 352 g/mol. The number of carbonyl (C=O) groups is 1. The van der Waals surface area contributed by atoms with Crippen molar-refractivity contribution in [3.05, 3.63) is 71.8 Å². The average Bonchev–Trinajstić information content (AvgIpc) is 3.21. The third-order valence-corrected chi connectivity index (χ3v) is 4.85. The van der Waals surface area contributed by atoms with E-state index in [1.165, 1.54) is 11.1 Å². The minimum absolute atomic E-state index is 0.0287. The predicted octanol–water partition coefficient (Wildman–Crippen LogP) is 5.97. The third-order valence-electron chi connectivity index (χ3n) is 3.88. The van der Waals surface area contributed by atoms with Crippen LogP contribution in [0.4, 0.5) is 0 Å². The van der Waals surface area contributed by atoms with Crippen molar-refractivity contribution in [2.24, 2.45) is 4.99 Å². The molecule has 1 heterocycles. The van der Waals surface area contributed by atoms with Crippen molar-refractivity contribution in [1.82, 2.24) is 4.90 Å². The van der Waals surface area contributed by atoms with Crippen LogP contribution < -0.4 is 0 Å². The van der Waals surface area contributed by atoms with Crippen LogP contribution in [-0.4, -0.2) is 28.3 Å². The Hall–Kier alpha value is -2.07. The molecule has 1 aliphatic heterocycles. The number of hydrogen-bond donors (Lipinski definition) is 0. The molecule has 2 aromatic rings. The van der Waals surface area contributed by atoms with Gasteiger partial charge in [0.15, 0.2) is 5.17 Å². The van der Waals surface area contributed by atoms with Crippen molar-refractivity contribution in [3.8, 4) is 0 Å². The van der Waals surface area contributed by atoms with Crippen LogP contribution in [0.15, 0.2) is 65.7 Å². The van der Waals surface area contributed by atoms with Crippen LogP contribution >= 0.6 is 11.8 Å². The summed E-state index contributed by atoms with van der Waals surface area (Å²) in [6.07, 6.45) is 0.834. The summed E-state index contributed by atoms with van der Waals surface area (Å²) in [5.41, 5.74) is 2.43. The van der Waals surface area contributed by atoms with E-state index in [4.69, 9.17) is 4.99 Å². The number of aliphatic imine (C=N–C) groups is 1. The standard InChI is InChI=1S/C19H20N2OS.2C2H6/c1-15(22)21-12-13-23-19(21)20-18(17-10-6-3-7-11-17)14-16-8-4-2-5-9-16;2*1-2/h2-11,18H,12-14H2,1H3;2*1-2H3. The number of hydrogen-bond acceptors (Lipinski definition) is 3. The van der Waals surface area contributed by atoms with E-state index in [2.05, 4.69) is 36.4 Å². The highest BCUT2D eigenvalue weighted by Gasteiger charge is 2.24. The van der Waals surface area contributed by atoms with Crippen molar-refractivity contribution >= 4 is 22.8 Å². The lowest BCUT2D eigenvalue weighted by atomic mass is 9.99. The molecule has 0 aliphatic carbocycles. The van der Waals surface area contributed by atoms with E-state index in [-0.39, 0.29) is 11.9 Å². The molecule has 1 unspecified atom stereocenters. The minimum Gasteiger partial charge on any atom is -0.291 e. The second-order valence-corrected chi connectivity index (χ2v) is 6.61. The van der Waals surface area contributed by atoms with Gasteiger partial charge in [-0.3, -0.25) is 14.7 Å². The predicted molar refractivity (Wildman–Crippen MR) is 119 cm³/mol. The van der Waals surface area contributed by atoms with Crippen molar-refractivity contribution in [1.29, 1.82) is 0 Å². The van der Waals surface area contributed by atoms with Gasteiger partial charge < -0.3 is 0 Å². The summed E-state index contributed by atoms with van der Waals surface area (Å²) >= 11 is 1.67. The number of benzene rings is 2. The molecule has 1 aliphatic rings. The van der Waals surface area contributed by atoms with Crippen LogP contribution in [0.25, 0.3) is 0 Å². The monoisotopic (exact) mass is 384 g/mol. The van der Waals surface area contributed by atoms with Gasteiger partial charge in [0.05, 0.1) is 6.04 Å². The molecule has 1 amide bonds. The van der Waals surface area contributed by atoms with Gasteiger partial charge in [-0.1, -0.05) is 100 Å². The molecule has 0 radical (unpaired) electrons. The van der Waals surface area contributed by atoms with Gasteiger partial charge in [-0.05, 0) is 17.5 Å². The lowest BCUT2D eigenvalue weighted by molar-refractivity contribution is -0.124. The Morgan fingerprint density at radius 3 is 2.11 bits per heavy atom. The number of amides is 1. The van der Waals surface area contributed by atoms with Gasteiger partial charge in [0.1, 0.15) is 0 Å². The number of nitrogens with zero attached hydrogens (tertiary/aromatic N) is 2. The molecule has 0 N–H and O–H groups in total. The van der Waals surface area contributed by atoms with E-state index in [0.29, 0.717) is 0 Å². The van der Waals surface area contributed by atoms with Crippen LogP contribution in [0.2, 0.25) is 0 Å². The summed E-state index contributed by atoms with van der Waals surface area (Å²) < 4.78 is 0. The number of rotatable bonds is 4. The normalized spacial score (nSPS) is 15.3. The van der Waals surface area contributed by atoms with Crippen LogP contribution in [0.3, 0.4) is 0 Å². The van der Waals surface area contributed by atoms with Gasteiger partial charge >= 0.3 is 0 Å². The van der Waals surface area contributed by atoms with Gasteiger partial charge in [-0.15, -0.1) is 0 Å². The lowest BCUT2D eigenvalue weighted by Crippen LogP contribution is -2.29. The third kappa shape index (κ3) is 7.22. The summed E-state index contributed by atoms with van der Waals surface area (Å²) in [6, 6.07) is 20.7. The van der Waals surface area contributed by atoms with Crippen molar-refractivity contribution in [2.75, 3.05) is 12.3 Å². The van der Waals surface area contributed by atoms with Crippen LogP contribution in [0, 0.1) is 0 Å². The van der Waals surface area contributed by atoms with Crippen molar-refractivity contribution in [2.45, 2.75) is 47.1 Å². The maximum absolute atomic E-state index is 11.8. The molecule has 0 aromatic heterocycles. The van der Waals surface area contributed by atoms with Gasteiger partial charge in [-0.25, -0.2) is 0 Å². The maximum Gasteiger partial charge on any atom is 0.225 e. The summed E-state index contributed by atoms with van der Waals surface area (Å²) in [5.74, 6) is 0.992. The zero-order valence-corrected chi connectivity index (χ0v) is 18.0. The molecule has 4 heteroatoms. The van der Waals surface area contributed by atoms with Gasteiger partial charge in [-0.2, -0.15) is 0 Å². The fourth-order valence-corrected chi connectivity index (χ4v) is 3.72. The Morgan fingerprint density at radius 2 is 1.56 bits per heavy atom. The molecule has 3 nitrogen and oxygen atoms in total. The van der Waals surface area contributed by atoms with Crippen LogP contribution in [0.1, 0.15) is 51.8 Å². The number of thioether (sulfide) groups is 1. The molecular formula is C23H32N2OS. The first-order valence-corrected chi connectivity index (χ1v) is 10.8. The Bertz CT molecular complexity index is 686. The lowest BCUT2D eigenvalue weighted by Gasteiger charge is -2.18. The molecule has 27 heavy (non-hydrogen) atoms. The molecule has 3 rings (SSSR count). The quantitative estimate of drug-likeness (QED) is 0.650. The van der Waals surface area contributed by atoms with Gasteiger partial charge in [0.2, 0.25) is 5.91 Å². The second kappa shape index (κ2) is 13.2. The highest BCUT2D eigenvalue weighted by Crippen LogP contribution is 2.27. The number of carbonyl (C=O) groups excluding carboxylic acids is 1. The molecule has 0 bridgehead atoms. The molecule has 1 atom stereocenters. The smallest absolute Gasteiger partial charge is 0.225 e. The first kappa shape index (κ1) is 23.0. The SMILES string of the molecule is CC.CC.CC(=O)N1CCSC1=NC(Cc1ccccc1)c1ccccc1. The van der Waals surface area contributed by atoms with Crippen molar-refractivity contribution in [3.63, 3.8) is 0 Å². The van der Waals surface area contributed by atoms with E-state index >= 15 is 0 Å².